The van der Waals surface area contributed by atoms with Crippen molar-refractivity contribution in [2.24, 2.45) is 0 Å². The van der Waals surface area contributed by atoms with Crippen LogP contribution in [0.3, 0.4) is 0 Å². The highest BCUT2D eigenvalue weighted by Gasteiger charge is 2.39. The van der Waals surface area contributed by atoms with E-state index in [0.717, 1.165) is 0 Å². The first-order valence-corrected chi connectivity index (χ1v) is 6.57. The molecule has 1 aliphatic heterocycles. The molecule has 0 saturated carbocycles. The molecule has 0 aliphatic carbocycles. The van der Waals surface area contributed by atoms with Gasteiger partial charge in [-0.2, -0.15) is 0 Å². The molecule has 1 aliphatic rings. The van der Waals surface area contributed by atoms with Gasteiger partial charge in [0.15, 0.2) is 0 Å². The summed E-state index contributed by atoms with van der Waals surface area (Å²) in [6.45, 7) is 0. The van der Waals surface area contributed by atoms with Crippen molar-refractivity contribution in [1.29, 1.82) is 0 Å². The number of rotatable bonds is 3. The monoisotopic (exact) mass is 293 g/mol. The summed E-state index contributed by atoms with van der Waals surface area (Å²) in [4.78, 5) is 36.9. The third-order valence-corrected chi connectivity index (χ3v) is 3.36. The summed E-state index contributed by atoms with van der Waals surface area (Å²) in [6.07, 6.45) is 1.31. The molecule has 2 amide bonds. The topological polar surface area (TPSA) is 74.7 Å². The molecule has 1 N–H and O–H groups in total. The number of hydrogen-bond donors (Lipinski definition) is 1. The van der Waals surface area contributed by atoms with Crippen molar-refractivity contribution < 1.29 is 19.5 Å². The predicted octanol–water partition coefficient (Wildman–Crippen LogP) is 2.41. The minimum absolute atomic E-state index is 0.215. The number of carboxylic acids is 1. The molecule has 0 atom stereocenters. The molecule has 108 valence electrons. The second-order valence-electron chi connectivity index (χ2n) is 4.74. The van der Waals surface area contributed by atoms with Crippen LogP contribution in [0.5, 0.6) is 0 Å². The average Bonchev–Trinajstić information content (AvgIpc) is 2.78. The molecule has 0 radical (unpaired) electrons. The Morgan fingerprint density at radius 1 is 0.864 bits per heavy atom. The lowest BCUT2D eigenvalue weighted by Gasteiger charge is -2.14. The minimum atomic E-state index is -1.33. The van der Waals surface area contributed by atoms with Gasteiger partial charge < -0.3 is 5.11 Å². The van der Waals surface area contributed by atoms with E-state index in [1.54, 1.807) is 42.5 Å². The number of nitrogens with zero attached hydrogens (tertiary/aromatic N) is 1. The Balaban J connectivity index is 2.09. The van der Waals surface area contributed by atoms with Crippen LogP contribution in [0.2, 0.25) is 0 Å². The molecule has 0 fully saturated rings. The molecule has 0 aromatic heterocycles. The van der Waals surface area contributed by atoms with Gasteiger partial charge in [0.1, 0.15) is 5.70 Å². The number of aliphatic carboxylic acids is 1. The van der Waals surface area contributed by atoms with Gasteiger partial charge in [0.2, 0.25) is 0 Å². The first-order chi connectivity index (χ1) is 10.6. The maximum Gasteiger partial charge on any atom is 0.353 e. The van der Waals surface area contributed by atoms with Crippen LogP contribution in [0.25, 0.3) is 6.08 Å². The van der Waals surface area contributed by atoms with Gasteiger partial charge in [0, 0.05) is 0 Å². The maximum atomic E-state index is 12.3. The molecule has 22 heavy (non-hydrogen) atoms. The first kappa shape index (κ1) is 13.8. The molecule has 5 heteroatoms. The van der Waals surface area contributed by atoms with E-state index in [1.165, 1.54) is 18.2 Å². The van der Waals surface area contributed by atoms with Gasteiger partial charge in [-0.3, -0.25) is 9.59 Å². The average molecular weight is 293 g/mol. The number of carboxylic acid groups (broad SMARTS) is 1. The van der Waals surface area contributed by atoms with Crippen molar-refractivity contribution in [1.82, 2.24) is 4.90 Å². The summed E-state index contributed by atoms with van der Waals surface area (Å²) in [5, 5.41) is 9.40. The highest BCUT2D eigenvalue weighted by atomic mass is 16.4. The normalized spacial score (nSPS) is 14.2. The summed E-state index contributed by atoms with van der Waals surface area (Å²) < 4.78 is 0. The van der Waals surface area contributed by atoms with Gasteiger partial charge in [-0.15, -0.1) is 0 Å². The Bertz CT molecular complexity index is 773. The van der Waals surface area contributed by atoms with Crippen LogP contribution in [0, 0.1) is 0 Å². The SMILES string of the molecule is O=C(O)C(=Cc1ccccc1)N1C(=O)c2ccccc2C1=O. The molecule has 1 heterocycles. The Morgan fingerprint density at radius 3 is 1.86 bits per heavy atom. The number of carbonyl (C=O) groups is 3. The Hall–Kier alpha value is -3.21. The van der Waals surface area contributed by atoms with Crippen LogP contribution >= 0.6 is 0 Å². The van der Waals surface area contributed by atoms with Crippen LogP contribution in [0.15, 0.2) is 60.3 Å². The second kappa shape index (κ2) is 5.29. The number of amides is 2. The van der Waals surface area contributed by atoms with E-state index in [1.807, 2.05) is 0 Å². The quantitative estimate of drug-likeness (QED) is 0.696. The molecule has 5 nitrogen and oxygen atoms in total. The smallest absolute Gasteiger partial charge is 0.353 e. The van der Waals surface area contributed by atoms with E-state index in [2.05, 4.69) is 0 Å². The predicted molar refractivity (Wildman–Crippen MR) is 79.0 cm³/mol. The number of fused-ring (bicyclic) bond motifs is 1. The largest absolute Gasteiger partial charge is 0.477 e. The Labute approximate surface area is 126 Å². The van der Waals surface area contributed by atoms with Crippen LogP contribution in [0.4, 0.5) is 0 Å². The lowest BCUT2D eigenvalue weighted by atomic mass is 10.1. The maximum absolute atomic E-state index is 12.3. The lowest BCUT2D eigenvalue weighted by Crippen LogP contribution is -2.32. The van der Waals surface area contributed by atoms with E-state index in [-0.39, 0.29) is 16.8 Å². The van der Waals surface area contributed by atoms with E-state index in [0.29, 0.717) is 10.5 Å². The Morgan fingerprint density at radius 2 is 1.36 bits per heavy atom. The fraction of sp³-hybridized carbons (Fsp3) is 0. The van der Waals surface area contributed by atoms with Crippen LogP contribution in [0.1, 0.15) is 26.3 Å². The summed E-state index contributed by atoms with van der Waals surface area (Å²) in [6, 6.07) is 15.0. The van der Waals surface area contributed by atoms with Gasteiger partial charge in [0.25, 0.3) is 11.8 Å². The van der Waals surface area contributed by atoms with E-state index < -0.39 is 17.8 Å². The number of carbonyl (C=O) groups excluding carboxylic acids is 2. The van der Waals surface area contributed by atoms with Crippen molar-refractivity contribution >= 4 is 23.9 Å². The van der Waals surface area contributed by atoms with Crippen molar-refractivity contribution in [2.45, 2.75) is 0 Å². The number of hydrogen-bond acceptors (Lipinski definition) is 3. The lowest BCUT2D eigenvalue weighted by molar-refractivity contribution is -0.133. The van der Waals surface area contributed by atoms with Crippen LogP contribution < -0.4 is 0 Å². The van der Waals surface area contributed by atoms with E-state index in [4.69, 9.17) is 0 Å². The van der Waals surface area contributed by atoms with Gasteiger partial charge in [-0.25, -0.2) is 9.69 Å². The zero-order valence-corrected chi connectivity index (χ0v) is 11.4. The second-order valence-corrected chi connectivity index (χ2v) is 4.74. The van der Waals surface area contributed by atoms with Gasteiger partial charge in [-0.1, -0.05) is 42.5 Å². The van der Waals surface area contributed by atoms with Crippen molar-refractivity contribution in [3.8, 4) is 0 Å². The fourth-order valence-electron chi connectivity index (χ4n) is 2.34. The zero-order chi connectivity index (χ0) is 15.7. The number of benzene rings is 2. The molecule has 0 bridgehead atoms. The fourth-order valence-corrected chi connectivity index (χ4v) is 2.34. The molecule has 2 aromatic rings. The minimum Gasteiger partial charge on any atom is -0.477 e. The van der Waals surface area contributed by atoms with Crippen molar-refractivity contribution in [2.75, 3.05) is 0 Å². The standard InChI is InChI=1S/C17H11NO4/c19-15-12-8-4-5-9-13(12)16(20)18(15)14(17(21)22)10-11-6-2-1-3-7-11/h1-10H,(H,21,22). The van der Waals surface area contributed by atoms with E-state index >= 15 is 0 Å². The van der Waals surface area contributed by atoms with Gasteiger partial charge >= 0.3 is 5.97 Å². The zero-order valence-electron chi connectivity index (χ0n) is 11.4. The first-order valence-electron chi connectivity index (χ1n) is 6.57. The van der Waals surface area contributed by atoms with Gasteiger partial charge in [-0.05, 0) is 23.8 Å². The molecular formula is C17H11NO4. The molecule has 0 unspecified atom stereocenters. The third kappa shape index (κ3) is 2.18. The van der Waals surface area contributed by atoms with Crippen LogP contribution in [-0.4, -0.2) is 27.8 Å². The highest BCUT2D eigenvalue weighted by molar-refractivity contribution is 6.25. The highest BCUT2D eigenvalue weighted by Crippen LogP contribution is 2.27. The van der Waals surface area contributed by atoms with Gasteiger partial charge in [0.05, 0.1) is 11.1 Å². The summed E-state index contributed by atoms with van der Waals surface area (Å²) in [7, 11) is 0. The molecule has 0 saturated heterocycles. The molecule has 0 spiro atoms. The van der Waals surface area contributed by atoms with E-state index in [9.17, 15) is 19.5 Å². The van der Waals surface area contributed by atoms with Crippen LogP contribution in [-0.2, 0) is 4.79 Å². The summed E-state index contributed by atoms with van der Waals surface area (Å²) in [5.74, 6) is -2.58. The summed E-state index contributed by atoms with van der Waals surface area (Å²) in [5.41, 5.74) is 0.661. The van der Waals surface area contributed by atoms with Crippen molar-refractivity contribution in [3.63, 3.8) is 0 Å². The molecular weight excluding hydrogens is 282 g/mol. The number of imide groups is 1. The Kier molecular flexibility index (Phi) is 3.31. The third-order valence-electron chi connectivity index (χ3n) is 3.36. The summed E-state index contributed by atoms with van der Waals surface area (Å²) >= 11 is 0. The van der Waals surface area contributed by atoms with Crippen molar-refractivity contribution in [3.05, 3.63) is 77.0 Å². The molecule has 2 aromatic carbocycles. The molecule has 3 rings (SSSR count).